The highest BCUT2D eigenvalue weighted by Crippen LogP contribution is 2.01. The van der Waals surface area contributed by atoms with Crippen molar-refractivity contribution < 1.29 is 9.90 Å². The molecule has 1 heterocycles. The van der Waals surface area contributed by atoms with Crippen LogP contribution in [0.2, 0.25) is 0 Å². The van der Waals surface area contributed by atoms with E-state index in [0.717, 1.165) is 0 Å². The third-order valence-corrected chi connectivity index (χ3v) is 1.95. The van der Waals surface area contributed by atoms with Gasteiger partial charge in [-0.3, -0.25) is 14.2 Å². The molecule has 0 saturated carbocycles. The molecule has 0 aliphatic rings. The Labute approximate surface area is 80.8 Å². The first-order chi connectivity index (χ1) is 6.56. The van der Waals surface area contributed by atoms with Crippen molar-refractivity contribution in [2.24, 2.45) is 0 Å². The highest BCUT2D eigenvalue weighted by molar-refractivity contribution is 5.66. The summed E-state index contributed by atoms with van der Waals surface area (Å²) in [6.07, 6.45) is 0.600. The van der Waals surface area contributed by atoms with Crippen molar-refractivity contribution in [1.29, 1.82) is 0 Å². The Morgan fingerprint density at radius 1 is 1.57 bits per heavy atom. The first kappa shape index (κ1) is 10.3. The van der Waals surface area contributed by atoms with Crippen LogP contribution in [0, 0.1) is 0 Å². The van der Waals surface area contributed by atoms with Gasteiger partial charge in [0.05, 0.1) is 5.69 Å². The quantitative estimate of drug-likeness (QED) is 0.716. The van der Waals surface area contributed by atoms with Crippen LogP contribution >= 0.6 is 0 Å². The molecule has 0 unspecified atom stereocenters. The Kier molecular flexibility index (Phi) is 2.91. The monoisotopic (exact) mass is 196 g/mol. The van der Waals surface area contributed by atoms with Crippen LogP contribution in [0.1, 0.15) is 12.6 Å². The van der Waals surface area contributed by atoms with Gasteiger partial charge in [-0.25, -0.2) is 0 Å². The van der Waals surface area contributed by atoms with Crippen LogP contribution in [0.4, 0.5) is 5.69 Å². The van der Waals surface area contributed by atoms with Gasteiger partial charge in [-0.15, -0.1) is 0 Å². The zero-order chi connectivity index (χ0) is 10.7. The molecule has 0 radical (unpaired) electrons. The van der Waals surface area contributed by atoms with Gasteiger partial charge in [-0.2, -0.15) is 0 Å². The Hall–Kier alpha value is -1.78. The molecule has 5 nitrogen and oxygen atoms in total. The van der Waals surface area contributed by atoms with E-state index in [2.05, 4.69) is 0 Å². The predicted octanol–water partition coefficient (Wildman–Crippen LogP) is 0.0775. The Morgan fingerprint density at radius 3 is 2.71 bits per heavy atom. The summed E-state index contributed by atoms with van der Waals surface area (Å²) in [5, 5.41) is 8.60. The number of rotatable bonds is 3. The molecule has 0 amide bonds. The van der Waals surface area contributed by atoms with E-state index < -0.39 is 11.5 Å². The number of nitrogen functional groups attached to an aromatic ring is 1. The molecule has 0 bridgehead atoms. The first-order valence-corrected chi connectivity index (χ1v) is 4.26. The van der Waals surface area contributed by atoms with Crippen molar-refractivity contribution >= 4 is 11.7 Å². The number of carboxylic acid groups (broad SMARTS) is 1. The standard InChI is InChI=1S/C9H12N2O3/c1-2-6-3-4-7(10)9(14)11(6)5-8(12)13/h3-4H,2,5,10H2,1H3,(H,12,13). The maximum absolute atomic E-state index is 11.5. The number of pyridine rings is 1. The highest BCUT2D eigenvalue weighted by atomic mass is 16.4. The molecule has 1 aromatic rings. The fraction of sp³-hybridized carbons (Fsp3) is 0.333. The summed E-state index contributed by atoms with van der Waals surface area (Å²) in [5.74, 6) is -1.05. The molecule has 0 atom stereocenters. The van der Waals surface area contributed by atoms with E-state index in [1.165, 1.54) is 10.6 Å². The third kappa shape index (κ3) is 1.93. The lowest BCUT2D eigenvalue weighted by atomic mass is 10.2. The molecular formula is C9H12N2O3. The van der Waals surface area contributed by atoms with E-state index in [1.54, 1.807) is 6.07 Å². The van der Waals surface area contributed by atoms with E-state index in [-0.39, 0.29) is 12.2 Å². The smallest absolute Gasteiger partial charge is 0.323 e. The largest absolute Gasteiger partial charge is 0.480 e. The van der Waals surface area contributed by atoms with Crippen LogP contribution in [-0.4, -0.2) is 15.6 Å². The van der Waals surface area contributed by atoms with Crippen LogP contribution in [0.3, 0.4) is 0 Å². The molecule has 3 N–H and O–H groups in total. The normalized spacial score (nSPS) is 10.1. The van der Waals surface area contributed by atoms with Gasteiger partial charge in [0.2, 0.25) is 0 Å². The number of nitrogens with zero attached hydrogens (tertiary/aromatic N) is 1. The van der Waals surface area contributed by atoms with E-state index in [1.807, 2.05) is 6.92 Å². The van der Waals surface area contributed by atoms with E-state index in [0.29, 0.717) is 12.1 Å². The third-order valence-electron chi connectivity index (χ3n) is 1.95. The average molecular weight is 196 g/mol. The van der Waals surface area contributed by atoms with Crippen LogP contribution in [0.15, 0.2) is 16.9 Å². The summed E-state index contributed by atoms with van der Waals surface area (Å²) in [4.78, 5) is 22.0. The van der Waals surface area contributed by atoms with Crippen LogP contribution in [0.25, 0.3) is 0 Å². The summed E-state index contributed by atoms with van der Waals surface area (Å²) in [6.45, 7) is 1.51. The molecule has 0 aromatic carbocycles. The molecule has 0 aliphatic heterocycles. The SMILES string of the molecule is CCc1ccc(N)c(=O)n1CC(=O)O. The van der Waals surface area contributed by atoms with Crippen molar-refractivity contribution in [2.45, 2.75) is 19.9 Å². The van der Waals surface area contributed by atoms with Crippen molar-refractivity contribution in [3.63, 3.8) is 0 Å². The number of hydrogen-bond donors (Lipinski definition) is 2. The Morgan fingerprint density at radius 2 is 2.21 bits per heavy atom. The number of anilines is 1. The van der Waals surface area contributed by atoms with Crippen LogP contribution < -0.4 is 11.3 Å². The number of aromatic nitrogens is 1. The van der Waals surface area contributed by atoms with Gasteiger partial charge in [0.15, 0.2) is 0 Å². The maximum atomic E-state index is 11.5. The van der Waals surface area contributed by atoms with Gasteiger partial charge >= 0.3 is 5.97 Å². The minimum atomic E-state index is -1.05. The molecule has 1 aromatic heterocycles. The second-order valence-corrected chi connectivity index (χ2v) is 2.92. The van der Waals surface area contributed by atoms with E-state index in [9.17, 15) is 9.59 Å². The van der Waals surface area contributed by atoms with Crippen LogP contribution in [-0.2, 0) is 17.8 Å². The molecule has 0 aliphatic carbocycles. The molecule has 1 rings (SSSR count). The lowest BCUT2D eigenvalue weighted by Crippen LogP contribution is -2.28. The van der Waals surface area contributed by atoms with Gasteiger partial charge in [0.1, 0.15) is 6.54 Å². The summed E-state index contributed by atoms with van der Waals surface area (Å²) >= 11 is 0. The van der Waals surface area contributed by atoms with Crippen molar-refractivity contribution in [3.05, 3.63) is 28.2 Å². The maximum Gasteiger partial charge on any atom is 0.323 e. The summed E-state index contributed by atoms with van der Waals surface area (Å²) in [7, 11) is 0. The molecule has 5 heteroatoms. The van der Waals surface area contributed by atoms with Crippen molar-refractivity contribution in [1.82, 2.24) is 4.57 Å². The van der Waals surface area contributed by atoms with Crippen molar-refractivity contribution in [2.75, 3.05) is 5.73 Å². The molecule has 0 fully saturated rings. The van der Waals surface area contributed by atoms with Crippen molar-refractivity contribution in [3.8, 4) is 0 Å². The Balaban J connectivity index is 3.28. The van der Waals surface area contributed by atoms with Crippen LogP contribution in [0.5, 0.6) is 0 Å². The average Bonchev–Trinajstić information content (AvgIpc) is 2.13. The second-order valence-electron chi connectivity index (χ2n) is 2.92. The van der Waals surface area contributed by atoms with E-state index >= 15 is 0 Å². The molecule has 0 saturated heterocycles. The zero-order valence-electron chi connectivity index (χ0n) is 7.86. The summed E-state index contributed by atoms with van der Waals surface area (Å²) in [6, 6.07) is 3.17. The van der Waals surface area contributed by atoms with Gasteiger partial charge in [-0.05, 0) is 18.6 Å². The lowest BCUT2D eigenvalue weighted by Gasteiger charge is -2.09. The van der Waals surface area contributed by atoms with Gasteiger partial charge in [0, 0.05) is 5.69 Å². The first-order valence-electron chi connectivity index (χ1n) is 4.26. The Bertz CT molecular complexity index is 409. The fourth-order valence-electron chi connectivity index (χ4n) is 1.25. The number of carbonyl (C=O) groups is 1. The van der Waals surface area contributed by atoms with Gasteiger partial charge in [0.25, 0.3) is 5.56 Å². The molecule has 76 valence electrons. The number of nitrogens with two attached hydrogens (primary N) is 1. The minimum Gasteiger partial charge on any atom is -0.480 e. The molecule has 14 heavy (non-hydrogen) atoms. The highest BCUT2D eigenvalue weighted by Gasteiger charge is 2.08. The summed E-state index contributed by atoms with van der Waals surface area (Å²) in [5.41, 5.74) is 5.70. The predicted molar refractivity (Wildman–Crippen MR) is 52.1 cm³/mol. The van der Waals surface area contributed by atoms with E-state index in [4.69, 9.17) is 10.8 Å². The lowest BCUT2D eigenvalue weighted by molar-refractivity contribution is -0.137. The fourth-order valence-corrected chi connectivity index (χ4v) is 1.25. The number of carboxylic acids is 1. The second kappa shape index (κ2) is 3.95. The number of hydrogen-bond acceptors (Lipinski definition) is 3. The zero-order valence-corrected chi connectivity index (χ0v) is 7.86. The molecular weight excluding hydrogens is 184 g/mol. The molecule has 0 spiro atoms. The number of aryl methyl sites for hydroxylation is 1. The van der Waals surface area contributed by atoms with Gasteiger partial charge in [-0.1, -0.05) is 6.92 Å². The number of aliphatic carboxylic acids is 1. The van der Waals surface area contributed by atoms with Gasteiger partial charge < -0.3 is 10.8 Å². The topological polar surface area (TPSA) is 85.3 Å². The minimum absolute atomic E-state index is 0.0726. The summed E-state index contributed by atoms with van der Waals surface area (Å²) < 4.78 is 1.18.